The molecule has 7 heteroatoms. The smallest absolute Gasteiger partial charge is 0.412 e. The van der Waals surface area contributed by atoms with E-state index in [0.717, 1.165) is 37.5 Å². The van der Waals surface area contributed by atoms with E-state index in [1.54, 1.807) is 25.4 Å². The maximum absolute atomic E-state index is 12.3. The second-order valence-electron chi connectivity index (χ2n) is 7.61. The molecular formula is C25H28N4O3. The number of para-hydroxylation sites is 1. The lowest BCUT2D eigenvalue weighted by Crippen LogP contribution is -2.50. The molecular weight excluding hydrogens is 404 g/mol. The van der Waals surface area contributed by atoms with E-state index in [1.807, 2.05) is 42.6 Å². The van der Waals surface area contributed by atoms with Gasteiger partial charge in [0, 0.05) is 50.8 Å². The summed E-state index contributed by atoms with van der Waals surface area (Å²) in [4.78, 5) is 21.4. The van der Waals surface area contributed by atoms with E-state index in [1.165, 1.54) is 5.69 Å². The predicted molar refractivity (Wildman–Crippen MR) is 124 cm³/mol. The number of hydrogen-bond donors (Lipinski definition) is 1. The van der Waals surface area contributed by atoms with Crippen LogP contribution in [0.2, 0.25) is 0 Å². The summed E-state index contributed by atoms with van der Waals surface area (Å²) in [6.45, 7) is 4.00. The van der Waals surface area contributed by atoms with Crippen LogP contribution in [0.4, 0.5) is 10.5 Å². The molecule has 2 aromatic carbocycles. The van der Waals surface area contributed by atoms with Crippen molar-refractivity contribution in [1.29, 1.82) is 0 Å². The SMILES string of the molecule is COc1ccc(N2CCN([C@H](CNC(=O)Oc3ccccc3)c3cccnc3)CC2)cc1. The predicted octanol–water partition coefficient (Wildman–Crippen LogP) is 3.74. The molecule has 1 aliphatic heterocycles. The Morgan fingerprint density at radius 2 is 1.72 bits per heavy atom. The van der Waals surface area contributed by atoms with E-state index in [9.17, 15) is 4.79 Å². The second kappa shape index (κ2) is 10.6. The minimum Gasteiger partial charge on any atom is -0.497 e. The first-order chi connectivity index (χ1) is 15.7. The average Bonchev–Trinajstić information content (AvgIpc) is 2.86. The van der Waals surface area contributed by atoms with Gasteiger partial charge in [-0.2, -0.15) is 0 Å². The summed E-state index contributed by atoms with van der Waals surface area (Å²) in [6, 6.07) is 21.2. The lowest BCUT2D eigenvalue weighted by molar-refractivity contribution is 0.169. The van der Waals surface area contributed by atoms with E-state index in [-0.39, 0.29) is 6.04 Å². The first-order valence-electron chi connectivity index (χ1n) is 10.8. The Morgan fingerprint density at radius 3 is 2.38 bits per heavy atom. The first kappa shape index (κ1) is 21.6. The molecule has 1 N–H and O–H groups in total. The van der Waals surface area contributed by atoms with Crippen molar-refractivity contribution in [1.82, 2.24) is 15.2 Å². The number of piperazine rings is 1. The third-order valence-electron chi connectivity index (χ3n) is 5.66. The van der Waals surface area contributed by atoms with Gasteiger partial charge in [-0.3, -0.25) is 9.88 Å². The van der Waals surface area contributed by atoms with Crippen LogP contribution in [0.25, 0.3) is 0 Å². The van der Waals surface area contributed by atoms with Crippen LogP contribution in [0.15, 0.2) is 79.1 Å². The summed E-state index contributed by atoms with van der Waals surface area (Å²) >= 11 is 0. The lowest BCUT2D eigenvalue weighted by Gasteiger charge is -2.40. The average molecular weight is 433 g/mol. The third kappa shape index (κ3) is 5.56. The molecule has 32 heavy (non-hydrogen) atoms. The Hall–Kier alpha value is -3.58. The Bertz CT molecular complexity index is 975. The summed E-state index contributed by atoms with van der Waals surface area (Å²) in [5, 5.41) is 2.92. The van der Waals surface area contributed by atoms with Gasteiger partial charge in [-0.1, -0.05) is 24.3 Å². The quantitative estimate of drug-likeness (QED) is 0.614. The van der Waals surface area contributed by atoms with Crippen molar-refractivity contribution in [2.45, 2.75) is 6.04 Å². The van der Waals surface area contributed by atoms with Crippen LogP contribution in [-0.4, -0.2) is 55.8 Å². The van der Waals surface area contributed by atoms with E-state index >= 15 is 0 Å². The number of methoxy groups -OCH3 is 1. The number of nitrogens with one attached hydrogen (secondary N) is 1. The molecule has 3 aromatic rings. The van der Waals surface area contributed by atoms with Crippen LogP contribution in [-0.2, 0) is 0 Å². The maximum atomic E-state index is 12.3. The van der Waals surface area contributed by atoms with Gasteiger partial charge in [0.1, 0.15) is 11.5 Å². The zero-order chi connectivity index (χ0) is 22.2. The van der Waals surface area contributed by atoms with Crippen molar-refractivity contribution in [2.75, 3.05) is 44.7 Å². The first-order valence-corrected chi connectivity index (χ1v) is 10.8. The van der Waals surface area contributed by atoms with Crippen LogP contribution < -0.4 is 19.7 Å². The summed E-state index contributed by atoms with van der Waals surface area (Å²) in [7, 11) is 1.68. The molecule has 0 aliphatic carbocycles. The molecule has 0 unspecified atom stereocenters. The highest BCUT2D eigenvalue weighted by atomic mass is 16.6. The molecule has 1 aliphatic rings. The molecule has 0 bridgehead atoms. The van der Waals surface area contributed by atoms with Gasteiger partial charge < -0.3 is 19.7 Å². The zero-order valence-electron chi connectivity index (χ0n) is 18.2. The van der Waals surface area contributed by atoms with Crippen molar-refractivity contribution < 1.29 is 14.3 Å². The van der Waals surface area contributed by atoms with Gasteiger partial charge in [-0.05, 0) is 48.0 Å². The Morgan fingerprint density at radius 1 is 0.969 bits per heavy atom. The number of aromatic nitrogens is 1. The molecule has 0 spiro atoms. The second-order valence-corrected chi connectivity index (χ2v) is 7.61. The van der Waals surface area contributed by atoms with Crippen LogP contribution >= 0.6 is 0 Å². The summed E-state index contributed by atoms with van der Waals surface area (Å²) in [5.74, 6) is 1.38. The van der Waals surface area contributed by atoms with E-state index < -0.39 is 6.09 Å². The van der Waals surface area contributed by atoms with Crippen LogP contribution in [0.3, 0.4) is 0 Å². The molecule has 2 heterocycles. The zero-order valence-corrected chi connectivity index (χ0v) is 18.2. The summed E-state index contributed by atoms with van der Waals surface area (Å²) < 4.78 is 10.6. The Balaban J connectivity index is 1.38. The molecule has 166 valence electrons. The van der Waals surface area contributed by atoms with Crippen LogP contribution in [0.1, 0.15) is 11.6 Å². The van der Waals surface area contributed by atoms with E-state index in [4.69, 9.17) is 9.47 Å². The van der Waals surface area contributed by atoms with Crippen molar-refractivity contribution in [3.8, 4) is 11.5 Å². The number of carbonyl (C=O) groups is 1. The Kier molecular flexibility index (Phi) is 7.19. The highest BCUT2D eigenvalue weighted by Crippen LogP contribution is 2.25. The van der Waals surface area contributed by atoms with E-state index in [0.29, 0.717) is 12.3 Å². The molecule has 1 atom stereocenters. The number of benzene rings is 2. The van der Waals surface area contributed by atoms with Gasteiger partial charge in [0.2, 0.25) is 0 Å². The van der Waals surface area contributed by atoms with Gasteiger partial charge >= 0.3 is 6.09 Å². The topological polar surface area (TPSA) is 66.9 Å². The van der Waals surface area contributed by atoms with Gasteiger partial charge in [-0.15, -0.1) is 0 Å². The number of ether oxygens (including phenoxy) is 2. The minimum absolute atomic E-state index is 0.0186. The van der Waals surface area contributed by atoms with Gasteiger partial charge in [0.05, 0.1) is 13.2 Å². The number of rotatable bonds is 7. The standard InChI is InChI=1S/C25H28N4O3/c1-31-22-11-9-21(10-12-22)28-14-16-29(17-15-28)24(20-6-5-13-26-18-20)19-27-25(30)32-23-7-3-2-4-8-23/h2-13,18,24H,14-17,19H2,1H3,(H,27,30)/t24-/m1/s1. The van der Waals surface area contributed by atoms with Crippen LogP contribution in [0, 0.1) is 0 Å². The molecule has 7 nitrogen and oxygen atoms in total. The van der Waals surface area contributed by atoms with Crippen molar-refractivity contribution in [2.24, 2.45) is 0 Å². The van der Waals surface area contributed by atoms with Gasteiger partial charge in [-0.25, -0.2) is 4.79 Å². The molecule has 4 rings (SSSR count). The van der Waals surface area contributed by atoms with Crippen molar-refractivity contribution >= 4 is 11.8 Å². The fourth-order valence-corrected chi connectivity index (χ4v) is 3.93. The molecule has 0 saturated carbocycles. The third-order valence-corrected chi connectivity index (χ3v) is 5.66. The molecule has 1 fully saturated rings. The highest BCUT2D eigenvalue weighted by Gasteiger charge is 2.26. The monoisotopic (exact) mass is 432 g/mol. The van der Waals surface area contributed by atoms with Crippen molar-refractivity contribution in [3.63, 3.8) is 0 Å². The number of hydrogen-bond acceptors (Lipinski definition) is 6. The maximum Gasteiger partial charge on any atom is 0.412 e. The number of nitrogens with zero attached hydrogens (tertiary/aromatic N) is 3. The Labute approximate surface area is 188 Å². The summed E-state index contributed by atoms with van der Waals surface area (Å²) in [5.41, 5.74) is 2.26. The van der Waals surface area contributed by atoms with Crippen molar-refractivity contribution in [3.05, 3.63) is 84.7 Å². The number of anilines is 1. The number of amides is 1. The molecule has 0 radical (unpaired) electrons. The van der Waals surface area contributed by atoms with E-state index in [2.05, 4.69) is 38.3 Å². The number of pyridine rings is 1. The van der Waals surface area contributed by atoms with Crippen LogP contribution in [0.5, 0.6) is 11.5 Å². The lowest BCUT2D eigenvalue weighted by atomic mass is 10.1. The number of carbonyl (C=O) groups excluding carboxylic acids is 1. The van der Waals surface area contributed by atoms with Gasteiger partial charge in [0.25, 0.3) is 0 Å². The summed E-state index contributed by atoms with van der Waals surface area (Å²) in [6.07, 6.45) is 3.17. The fraction of sp³-hybridized carbons (Fsp3) is 0.280. The highest BCUT2D eigenvalue weighted by molar-refractivity contribution is 5.70. The molecule has 1 saturated heterocycles. The minimum atomic E-state index is -0.457. The molecule has 1 amide bonds. The largest absolute Gasteiger partial charge is 0.497 e. The normalized spacial score (nSPS) is 15.1. The fourth-order valence-electron chi connectivity index (χ4n) is 3.93. The van der Waals surface area contributed by atoms with Gasteiger partial charge in [0.15, 0.2) is 0 Å². The molecule has 1 aromatic heterocycles.